The summed E-state index contributed by atoms with van der Waals surface area (Å²) < 4.78 is 25.9. The van der Waals surface area contributed by atoms with E-state index in [1.165, 1.54) is 32.3 Å². The SMILES string of the molecule is CCCCCC(NC(=O)c1cc(S(=O)(=O)N(C)C)ccc1Cl)c1ccccc1. The summed E-state index contributed by atoms with van der Waals surface area (Å²) in [6.45, 7) is 2.13. The van der Waals surface area contributed by atoms with Gasteiger partial charge in [-0.05, 0) is 30.2 Å². The number of nitrogens with one attached hydrogen (secondary N) is 1. The number of hydrogen-bond donors (Lipinski definition) is 1. The third kappa shape index (κ3) is 5.56. The van der Waals surface area contributed by atoms with Crippen molar-refractivity contribution in [3.63, 3.8) is 0 Å². The summed E-state index contributed by atoms with van der Waals surface area (Å²) in [4.78, 5) is 13.0. The smallest absolute Gasteiger partial charge is 0.253 e. The molecule has 0 radical (unpaired) electrons. The van der Waals surface area contributed by atoms with Gasteiger partial charge in [-0.25, -0.2) is 12.7 Å². The van der Waals surface area contributed by atoms with Crippen LogP contribution in [0.1, 0.15) is 54.6 Å². The Bertz CT molecular complexity index is 899. The summed E-state index contributed by atoms with van der Waals surface area (Å²) in [5, 5.41) is 3.24. The average Bonchev–Trinajstić information content (AvgIpc) is 2.68. The minimum absolute atomic E-state index is 0.0364. The summed E-state index contributed by atoms with van der Waals surface area (Å²) in [5.41, 5.74) is 1.17. The molecule has 7 heteroatoms. The van der Waals surface area contributed by atoms with Crippen LogP contribution in [0.25, 0.3) is 0 Å². The van der Waals surface area contributed by atoms with Crippen LogP contribution in [-0.4, -0.2) is 32.7 Å². The van der Waals surface area contributed by atoms with Gasteiger partial charge in [0.2, 0.25) is 10.0 Å². The monoisotopic (exact) mass is 422 g/mol. The Morgan fingerprint density at radius 3 is 2.39 bits per heavy atom. The van der Waals surface area contributed by atoms with Gasteiger partial charge in [0, 0.05) is 14.1 Å². The van der Waals surface area contributed by atoms with Gasteiger partial charge in [0.05, 0.1) is 21.5 Å². The zero-order chi connectivity index (χ0) is 20.7. The molecule has 0 aliphatic rings. The van der Waals surface area contributed by atoms with Crippen LogP contribution in [0.5, 0.6) is 0 Å². The molecular formula is C21H27ClN2O3S. The van der Waals surface area contributed by atoms with Gasteiger partial charge in [0.15, 0.2) is 0 Å². The van der Waals surface area contributed by atoms with Crippen LogP contribution in [0.3, 0.4) is 0 Å². The van der Waals surface area contributed by atoms with Crippen molar-refractivity contribution < 1.29 is 13.2 Å². The lowest BCUT2D eigenvalue weighted by atomic mass is 10.00. The van der Waals surface area contributed by atoms with E-state index in [2.05, 4.69) is 12.2 Å². The van der Waals surface area contributed by atoms with E-state index in [4.69, 9.17) is 11.6 Å². The van der Waals surface area contributed by atoms with E-state index < -0.39 is 10.0 Å². The molecular weight excluding hydrogens is 396 g/mol. The van der Waals surface area contributed by atoms with Gasteiger partial charge in [0.1, 0.15) is 0 Å². The Morgan fingerprint density at radius 1 is 1.11 bits per heavy atom. The molecule has 0 fully saturated rings. The molecule has 2 rings (SSSR count). The number of nitrogens with zero attached hydrogens (tertiary/aromatic N) is 1. The van der Waals surface area contributed by atoms with Crippen molar-refractivity contribution in [2.75, 3.05) is 14.1 Å². The lowest BCUT2D eigenvalue weighted by Gasteiger charge is -2.20. The maximum Gasteiger partial charge on any atom is 0.253 e. The first-order valence-electron chi connectivity index (χ1n) is 9.35. The van der Waals surface area contributed by atoms with Crippen LogP contribution < -0.4 is 5.32 Å². The Kier molecular flexibility index (Phi) is 8.04. The molecule has 0 saturated carbocycles. The lowest BCUT2D eigenvalue weighted by Crippen LogP contribution is -2.29. The van der Waals surface area contributed by atoms with Gasteiger partial charge in [-0.2, -0.15) is 0 Å². The molecule has 28 heavy (non-hydrogen) atoms. The van der Waals surface area contributed by atoms with Crippen molar-refractivity contribution in [2.45, 2.75) is 43.5 Å². The fourth-order valence-corrected chi connectivity index (χ4v) is 4.02. The van der Waals surface area contributed by atoms with E-state index >= 15 is 0 Å². The Morgan fingerprint density at radius 2 is 1.79 bits per heavy atom. The molecule has 0 aliphatic carbocycles. The molecule has 0 heterocycles. The lowest BCUT2D eigenvalue weighted by molar-refractivity contribution is 0.0934. The van der Waals surface area contributed by atoms with Gasteiger partial charge >= 0.3 is 0 Å². The van der Waals surface area contributed by atoms with E-state index in [0.29, 0.717) is 0 Å². The Labute approximate surface area is 172 Å². The molecule has 0 saturated heterocycles. The highest BCUT2D eigenvalue weighted by molar-refractivity contribution is 7.89. The van der Waals surface area contributed by atoms with Crippen LogP contribution >= 0.6 is 11.6 Å². The topological polar surface area (TPSA) is 66.5 Å². The summed E-state index contributed by atoms with van der Waals surface area (Å²) in [5.74, 6) is -0.383. The van der Waals surface area contributed by atoms with Crippen LogP contribution in [0.15, 0.2) is 53.4 Å². The second-order valence-electron chi connectivity index (χ2n) is 6.86. The van der Waals surface area contributed by atoms with Gasteiger partial charge in [0.25, 0.3) is 5.91 Å². The summed E-state index contributed by atoms with van der Waals surface area (Å²) in [6.07, 6.45) is 3.96. The number of rotatable bonds is 9. The van der Waals surface area contributed by atoms with Crippen molar-refractivity contribution in [2.24, 2.45) is 0 Å². The molecule has 0 spiro atoms. The number of halogens is 1. The van der Waals surface area contributed by atoms with Crippen molar-refractivity contribution >= 4 is 27.5 Å². The molecule has 0 aromatic heterocycles. The minimum atomic E-state index is -3.65. The number of carbonyl (C=O) groups is 1. The molecule has 0 bridgehead atoms. The van der Waals surface area contributed by atoms with Gasteiger partial charge in [-0.15, -0.1) is 0 Å². The van der Waals surface area contributed by atoms with Crippen LogP contribution in [0, 0.1) is 0 Å². The van der Waals surface area contributed by atoms with E-state index in [-0.39, 0.29) is 27.4 Å². The quantitative estimate of drug-likeness (QED) is 0.598. The zero-order valence-electron chi connectivity index (χ0n) is 16.5. The minimum Gasteiger partial charge on any atom is -0.345 e. The summed E-state index contributed by atoms with van der Waals surface area (Å²) in [6, 6.07) is 13.8. The highest BCUT2D eigenvalue weighted by Crippen LogP contribution is 2.25. The van der Waals surface area contributed by atoms with Gasteiger partial charge in [-0.3, -0.25) is 4.79 Å². The maximum absolute atomic E-state index is 12.9. The van der Waals surface area contributed by atoms with E-state index in [1.54, 1.807) is 0 Å². The molecule has 5 nitrogen and oxygen atoms in total. The van der Waals surface area contributed by atoms with E-state index in [0.717, 1.165) is 35.6 Å². The van der Waals surface area contributed by atoms with Crippen LogP contribution in [0.2, 0.25) is 5.02 Å². The van der Waals surface area contributed by atoms with Crippen molar-refractivity contribution in [1.29, 1.82) is 0 Å². The van der Waals surface area contributed by atoms with Gasteiger partial charge in [-0.1, -0.05) is 68.1 Å². The second-order valence-corrected chi connectivity index (χ2v) is 9.42. The van der Waals surface area contributed by atoms with Crippen molar-refractivity contribution in [1.82, 2.24) is 9.62 Å². The Balaban J connectivity index is 2.30. The zero-order valence-corrected chi connectivity index (χ0v) is 18.1. The third-order valence-corrected chi connectivity index (χ3v) is 6.71. The fraction of sp³-hybridized carbons (Fsp3) is 0.381. The first-order chi connectivity index (χ1) is 13.3. The van der Waals surface area contributed by atoms with Crippen molar-refractivity contribution in [3.8, 4) is 0 Å². The highest BCUT2D eigenvalue weighted by atomic mass is 35.5. The normalized spacial score (nSPS) is 12.8. The molecule has 1 N–H and O–H groups in total. The van der Waals surface area contributed by atoms with Crippen LogP contribution in [0.4, 0.5) is 0 Å². The molecule has 2 aromatic rings. The molecule has 1 unspecified atom stereocenters. The molecule has 2 aromatic carbocycles. The molecule has 1 amide bonds. The predicted octanol–water partition coefficient (Wildman–Crippen LogP) is 4.64. The van der Waals surface area contributed by atoms with Gasteiger partial charge < -0.3 is 5.32 Å². The number of carbonyl (C=O) groups excluding carboxylic acids is 1. The molecule has 1 atom stereocenters. The standard InChI is InChI=1S/C21H27ClN2O3S/c1-4-5-7-12-20(16-10-8-6-9-11-16)23-21(25)18-15-17(13-14-19(18)22)28(26,27)24(2)3/h6,8-11,13-15,20H,4-5,7,12H2,1-3H3,(H,23,25). The molecule has 0 aliphatic heterocycles. The highest BCUT2D eigenvalue weighted by Gasteiger charge is 2.22. The first kappa shape index (κ1) is 22.4. The summed E-state index contributed by atoms with van der Waals surface area (Å²) in [7, 11) is -0.759. The first-order valence-corrected chi connectivity index (χ1v) is 11.2. The number of benzene rings is 2. The van der Waals surface area contributed by atoms with Crippen molar-refractivity contribution in [3.05, 3.63) is 64.7 Å². The van der Waals surface area contributed by atoms with Crippen LogP contribution in [-0.2, 0) is 10.0 Å². The number of hydrogen-bond acceptors (Lipinski definition) is 3. The fourth-order valence-electron chi connectivity index (χ4n) is 2.89. The van der Waals surface area contributed by atoms with E-state index in [1.807, 2.05) is 30.3 Å². The largest absolute Gasteiger partial charge is 0.345 e. The number of amides is 1. The summed E-state index contributed by atoms with van der Waals surface area (Å²) >= 11 is 6.21. The average molecular weight is 423 g/mol. The predicted molar refractivity (Wildman–Crippen MR) is 113 cm³/mol. The number of unbranched alkanes of at least 4 members (excludes halogenated alkanes) is 2. The Hall–Kier alpha value is -1.89. The second kappa shape index (κ2) is 10.0. The maximum atomic E-state index is 12.9. The third-order valence-electron chi connectivity index (χ3n) is 4.56. The molecule has 152 valence electrons. The number of sulfonamides is 1. The van der Waals surface area contributed by atoms with E-state index in [9.17, 15) is 13.2 Å².